The standard InChI is InChI=1S/C13H19N3O3/c1-13(2,14)12(18)16-10-6-4-9(5-7-10)15-11(17)8-19-3/h4-7H,8,14H2,1-3H3,(H,15,17)(H,16,18). The number of rotatable bonds is 5. The van der Waals surface area contributed by atoms with Crippen molar-refractivity contribution < 1.29 is 14.3 Å². The summed E-state index contributed by atoms with van der Waals surface area (Å²) in [5, 5.41) is 5.34. The molecule has 6 nitrogen and oxygen atoms in total. The van der Waals surface area contributed by atoms with E-state index in [0.29, 0.717) is 11.4 Å². The van der Waals surface area contributed by atoms with Gasteiger partial charge in [0.2, 0.25) is 11.8 Å². The predicted molar refractivity (Wildman–Crippen MR) is 73.8 cm³/mol. The van der Waals surface area contributed by atoms with E-state index in [1.54, 1.807) is 38.1 Å². The second kappa shape index (κ2) is 6.31. The first-order valence-electron chi connectivity index (χ1n) is 5.82. The monoisotopic (exact) mass is 265 g/mol. The van der Waals surface area contributed by atoms with Gasteiger partial charge in [-0.1, -0.05) is 0 Å². The zero-order valence-electron chi connectivity index (χ0n) is 11.3. The Labute approximate surface area is 112 Å². The summed E-state index contributed by atoms with van der Waals surface area (Å²) in [6.07, 6.45) is 0. The molecule has 6 heteroatoms. The van der Waals surface area contributed by atoms with E-state index in [1.165, 1.54) is 7.11 Å². The van der Waals surface area contributed by atoms with E-state index < -0.39 is 5.54 Å². The van der Waals surface area contributed by atoms with Crippen LogP contribution in [0.1, 0.15) is 13.8 Å². The number of methoxy groups -OCH3 is 1. The molecule has 0 aromatic heterocycles. The van der Waals surface area contributed by atoms with E-state index in [0.717, 1.165) is 0 Å². The van der Waals surface area contributed by atoms with Crippen LogP contribution in [0.25, 0.3) is 0 Å². The maximum absolute atomic E-state index is 11.7. The molecule has 0 unspecified atom stereocenters. The summed E-state index contributed by atoms with van der Waals surface area (Å²) < 4.78 is 4.71. The van der Waals surface area contributed by atoms with E-state index in [4.69, 9.17) is 10.5 Å². The Kier molecular flexibility index (Phi) is 5.02. The molecule has 0 aliphatic carbocycles. The first-order valence-corrected chi connectivity index (χ1v) is 5.82. The van der Waals surface area contributed by atoms with Crippen LogP contribution in [0, 0.1) is 0 Å². The molecule has 0 radical (unpaired) electrons. The number of carbonyl (C=O) groups excluding carboxylic acids is 2. The highest BCUT2D eigenvalue weighted by molar-refractivity contribution is 5.97. The highest BCUT2D eigenvalue weighted by atomic mass is 16.5. The van der Waals surface area contributed by atoms with Gasteiger partial charge in [-0.05, 0) is 38.1 Å². The summed E-state index contributed by atoms with van der Waals surface area (Å²) in [6, 6.07) is 6.75. The largest absolute Gasteiger partial charge is 0.375 e. The lowest BCUT2D eigenvalue weighted by Gasteiger charge is -2.17. The fourth-order valence-corrected chi connectivity index (χ4v) is 1.26. The second-order valence-corrected chi connectivity index (χ2v) is 4.73. The van der Waals surface area contributed by atoms with Crippen molar-refractivity contribution in [2.45, 2.75) is 19.4 Å². The molecule has 1 aromatic carbocycles. The third kappa shape index (κ3) is 5.07. The number of amides is 2. The molecular formula is C13H19N3O3. The molecule has 0 atom stereocenters. The molecule has 0 fully saturated rings. The zero-order valence-corrected chi connectivity index (χ0v) is 11.3. The normalized spacial score (nSPS) is 10.9. The number of ether oxygens (including phenoxy) is 1. The van der Waals surface area contributed by atoms with Gasteiger partial charge in [0, 0.05) is 18.5 Å². The van der Waals surface area contributed by atoms with Gasteiger partial charge in [0.05, 0.1) is 5.54 Å². The number of nitrogens with two attached hydrogens (primary N) is 1. The minimum Gasteiger partial charge on any atom is -0.375 e. The number of hydrogen-bond donors (Lipinski definition) is 3. The minimum absolute atomic E-state index is 0.000148. The molecule has 1 rings (SSSR count). The molecule has 0 saturated carbocycles. The number of nitrogens with one attached hydrogen (secondary N) is 2. The van der Waals surface area contributed by atoms with Gasteiger partial charge in [-0.25, -0.2) is 0 Å². The lowest BCUT2D eigenvalue weighted by Crippen LogP contribution is -2.45. The zero-order chi connectivity index (χ0) is 14.5. The van der Waals surface area contributed by atoms with Crippen molar-refractivity contribution in [1.29, 1.82) is 0 Å². The Morgan fingerprint density at radius 3 is 2.05 bits per heavy atom. The average Bonchev–Trinajstić information content (AvgIpc) is 2.30. The van der Waals surface area contributed by atoms with Crippen molar-refractivity contribution in [3.63, 3.8) is 0 Å². The topological polar surface area (TPSA) is 93.5 Å². The van der Waals surface area contributed by atoms with E-state index in [1.807, 2.05) is 0 Å². The van der Waals surface area contributed by atoms with Crippen LogP contribution in [0.5, 0.6) is 0 Å². The molecule has 104 valence electrons. The van der Waals surface area contributed by atoms with Crippen LogP contribution in [0.4, 0.5) is 11.4 Å². The third-order valence-electron chi connectivity index (χ3n) is 2.29. The quantitative estimate of drug-likeness (QED) is 0.738. The van der Waals surface area contributed by atoms with Crippen LogP contribution in [0.3, 0.4) is 0 Å². The van der Waals surface area contributed by atoms with Gasteiger partial charge in [0.1, 0.15) is 6.61 Å². The SMILES string of the molecule is COCC(=O)Nc1ccc(NC(=O)C(C)(C)N)cc1. The number of anilines is 2. The first-order chi connectivity index (χ1) is 8.82. The maximum Gasteiger partial charge on any atom is 0.250 e. The summed E-state index contributed by atoms with van der Waals surface area (Å²) >= 11 is 0. The Morgan fingerprint density at radius 1 is 1.16 bits per heavy atom. The second-order valence-electron chi connectivity index (χ2n) is 4.73. The van der Waals surface area contributed by atoms with Gasteiger partial charge < -0.3 is 21.1 Å². The molecule has 0 spiro atoms. The van der Waals surface area contributed by atoms with Crippen LogP contribution in [0.15, 0.2) is 24.3 Å². The molecular weight excluding hydrogens is 246 g/mol. The van der Waals surface area contributed by atoms with Gasteiger partial charge in [-0.15, -0.1) is 0 Å². The van der Waals surface area contributed by atoms with Crippen molar-refractivity contribution in [2.75, 3.05) is 24.4 Å². The van der Waals surface area contributed by atoms with Crippen molar-refractivity contribution in [3.8, 4) is 0 Å². The highest BCUT2D eigenvalue weighted by Crippen LogP contribution is 2.14. The molecule has 0 aliphatic rings. The molecule has 1 aromatic rings. The fraction of sp³-hybridized carbons (Fsp3) is 0.385. The minimum atomic E-state index is -0.939. The number of carbonyl (C=O) groups is 2. The van der Waals surface area contributed by atoms with E-state index >= 15 is 0 Å². The summed E-state index contributed by atoms with van der Waals surface area (Å²) in [5.74, 6) is -0.508. The Morgan fingerprint density at radius 2 is 1.63 bits per heavy atom. The Balaban J connectivity index is 2.62. The van der Waals surface area contributed by atoms with E-state index in [2.05, 4.69) is 10.6 Å². The summed E-state index contributed by atoms with van der Waals surface area (Å²) in [7, 11) is 1.45. The van der Waals surface area contributed by atoms with Gasteiger partial charge in [0.15, 0.2) is 0 Å². The van der Waals surface area contributed by atoms with Crippen LogP contribution >= 0.6 is 0 Å². The molecule has 0 bridgehead atoms. The molecule has 19 heavy (non-hydrogen) atoms. The number of benzene rings is 1. The van der Waals surface area contributed by atoms with Crippen molar-refractivity contribution in [2.24, 2.45) is 5.73 Å². The summed E-state index contributed by atoms with van der Waals surface area (Å²) in [5.41, 5.74) is 5.98. The van der Waals surface area contributed by atoms with Gasteiger partial charge in [0.25, 0.3) is 0 Å². The Bertz CT molecular complexity index is 449. The lowest BCUT2D eigenvalue weighted by atomic mass is 10.1. The van der Waals surface area contributed by atoms with Crippen LogP contribution in [-0.4, -0.2) is 31.1 Å². The third-order valence-corrected chi connectivity index (χ3v) is 2.29. The van der Waals surface area contributed by atoms with Crippen molar-refractivity contribution >= 4 is 23.2 Å². The average molecular weight is 265 g/mol. The van der Waals surface area contributed by atoms with Crippen molar-refractivity contribution in [3.05, 3.63) is 24.3 Å². The number of hydrogen-bond acceptors (Lipinski definition) is 4. The molecule has 2 amide bonds. The highest BCUT2D eigenvalue weighted by Gasteiger charge is 2.21. The van der Waals surface area contributed by atoms with Gasteiger partial charge >= 0.3 is 0 Å². The van der Waals surface area contributed by atoms with Crippen LogP contribution in [0.2, 0.25) is 0 Å². The lowest BCUT2D eigenvalue weighted by molar-refractivity contribution is -0.120. The summed E-state index contributed by atoms with van der Waals surface area (Å²) in [6.45, 7) is 3.25. The Hall–Kier alpha value is -1.92. The van der Waals surface area contributed by atoms with Gasteiger partial charge in [-0.3, -0.25) is 9.59 Å². The molecule has 0 heterocycles. The molecule has 0 aliphatic heterocycles. The van der Waals surface area contributed by atoms with Crippen molar-refractivity contribution in [1.82, 2.24) is 0 Å². The van der Waals surface area contributed by atoms with Crippen LogP contribution in [-0.2, 0) is 14.3 Å². The van der Waals surface area contributed by atoms with E-state index in [9.17, 15) is 9.59 Å². The van der Waals surface area contributed by atoms with Gasteiger partial charge in [-0.2, -0.15) is 0 Å². The van der Waals surface area contributed by atoms with Crippen LogP contribution < -0.4 is 16.4 Å². The molecule has 4 N–H and O–H groups in total. The van der Waals surface area contributed by atoms with E-state index in [-0.39, 0.29) is 18.4 Å². The summed E-state index contributed by atoms with van der Waals surface area (Å²) in [4.78, 5) is 22.9. The molecule has 0 saturated heterocycles. The first kappa shape index (κ1) is 15.1. The predicted octanol–water partition coefficient (Wildman–Crippen LogP) is 0.947. The maximum atomic E-state index is 11.7. The fourth-order valence-electron chi connectivity index (χ4n) is 1.26. The smallest absolute Gasteiger partial charge is 0.250 e.